The zero-order valence-corrected chi connectivity index (χ0v) is 12.0. The molecule has 20 heavy (non-hydrogen) atoms. The Morgan fingerprint density at radius 3 is 2.55 bits per heavy atom. The van der Waals surface area contributed by atoms with E-state index >= 15 is 0 Å². The summed E-state index contributed by atoms with van der Waals surface area (Å²) in [5.74, 6) is 2.68. The van der Waals surface area contributed by atoms with E-state index in [1.54, 1.807) is 24.3 Å². The van der Waals surface area contributed by atoms with Gasteiger partial charge >= 0.3 is 0 Å². The van der Waals surface area contributed by atoms with Crippen LogP contribution in [-0.2, 0) is 16.6 Å². The number of benzene rings is 1. The van der Waals surface area contributed by atoms with Crippen LogP contribution < -0.4 is 4.72 Å². The highest BCUT2D eigenvalue weighted by atomic mass is 32.2. The van der Waals surface area contributed by atoms with Crippen LogP contribution in [0.2, 0.25) is 0 Å². The Morgan fingerprint density at radius 2 is 1.90 bits per heavy atom. The molecule has 0 aliphatic heterocycles. The Morgan fingerprint density at radius 1 is 1.20 bits per heavy atom. The van der Waals surface area contributed by atoms with Gasteiger partial charge in [-0.15, -0.1) is 0 Å². The van der Waals surface area contributed by atoms with Gasteiger partial charge in [-0.3, -0.25) is 0 Å². The molecule has 0 amide bonds. The summed E-state index contributed by atoms with van der Waals surface area (Å²) >= 11 is 0. The second kappa shape index (κ2) is 4.29. The molecule has 3 aliphatic carbocycles. The summed E-state index contributed by atoms with van der Waals surface area (Å²) < 4.78 is 27.7. The maximum absolute atomic E-state index is 12.4. The van der Waals surface area contributed by atoms with Crippen LogP contribution in [-0.4, -0.2) is 19.6 Å². The summed E-state index contributed by atoms with van der Waals surface area (Å²) in [6.07, 6.45) is 3.88. The third kappa shape index (κ3) is 1.84. The SMILES string of the molecule is O=S(=O)(NC1C2C3CCC(C3)C12)c1cccc(CO)c1. The first-order valence-electron chi connectivity index (χ1n) is 7.32. The molecule has 0 saturated heterocycles. The summed E-state index contributed by atoms with van der Waals surface area (Å²) in [5.41, 5.74) is 0.629. The van der Waals surface area contributed by atoms with Gasteiger partial charge < -0.3 is 5.11 Å². The Kier molecular flexibility index (Phi) is 2.75. The van der Waals surface area contributed by atoms with Crippen LogP contribution in [0.15, 0.2) is 29.2 Å². The van der Waals surface area contributed by atoms with Crippen molar-refractivity contribution in [3.63, 3.8) is 0 Å². The molecule has 108 valence electrons. The van der Waals surface area contributed by atoms with Gasteiger partial charge in [0.2, 0.25) is 10.0 Å². The van der Waals surface area contributed by atoms with E-state index in [2.05, 4.69) is 4.72 Å². The first kappa shape index (κ1) is 12.8. The van der Waals surface area contributed by atoms with Crippen LogP contribution in [0.25, 0.3) is 0 Å². The molecule has 3 aliphatic rings. The summed E-state index contributed by atoms with van der Waals surface area (Å²) in [6, 6.07) is 6.70. The maximum atomic E-state index is 12.4. The molecule has 4 atom stereocenters. The number of aliphatic hydroxyl groups is 1. The largest absolute Gasteiger partial charge is 0.392 e. The van der Waals surface area contributed by atoms with Gasteiger partial charge in [-0.2, -0.15) is 0 Å². The van der Waals surface area contributed by atoms with Gasteiger partial charge in [0.25, 0.3) is 0 Å². The van der Waals surface area contributed by atoms with Gasteiger partial charge in [-0.1, -0.05) is 12.1 Å². The molecule has 1 aromatic rings. The van der Waals surface area contributed by atoms with E-state index in [0.29, 0.717) is 17.4 Å². The Balaban J connectivity index is 1.53. The number of aliphatic hydroxyl groups excluding tert-OH is 1. The highest BCUT2D eigenvalue weighted by Gasteiger charge is 2.65. The number of nitrogens with one attached hydrogen (secondary N) is 1. The second-order valence-electron chi connectivity index (χ2n) is 6.44. The van der Waals surface area contributed by atoms with Crippen LogP contribution in [0.3, 0.4) is 0 Å². The van der Waals surface area contributed by atoms with Gasteiger partial charge in [0.05, 0.1) is 11.5 Å². The molecular weight excluding hydrogens is 274 g/mol. The molecule has 1 aromatic carbocycles. The molecule has 4 rings (SSSR count). The lowest BCUT2D eigenvalue weighted by Gasteiger charge is -2.11. The molecule has 5 heteroatoms. The number of fused-ring (bicyclic) bond motifs is 5. The quantitative estimate of drug-likeness (QED) is 0.884. The van der Waals surface area contributed by atoms with Crippen molar-refractivity contribution in [3.05, 3.63) is 29.8 Å². The Bertz CT molecular complexity index is 626. The number of rotatable bonds is 4. The molecule has 0 radical (unpaired) electrons. The van der Waals surface area contributed by atoms with Crippen LogP contribution in [0.5, 0.6) is 0 Å². The third-order valence-corrected chi connectivity index (χ3v) is 6.87. The van der Waals surface area contributed by atoms with Crippen molar-refractivity contribution in [2.24, 2.45) is 23.7 Å². The molecule has 4 unspecified atom stereocenters. The normalized spacial score (nSPS) is 38.0. The monoisotopic (exact) mass is 293 g/mol. The standard InChI is InChI=1S/C15H19NO3S/c17-8-9-2-1-3-12(6-9)20(18,19)16-15-13-10-4-5-11(7-10)14(13)15/h1-3,6,10-11,13-17H,4-5,7-8H2. The van der Waals surface area contributed by atoms with Crippen molar-refractivity contribution in [2.75, 3.05) is 0 Å². The highest BCUT2D eigenvalue weighted by Crippen LogP contribution is 2.65. The summed E-state index contributed by atoms with van der Waals surface area (Å²) in [5, 5.41) is 9.12. The minimum Gasteiger partial charge on any atom is -0.392 e. The van der Waals surface area contributed by atoms with Gasteiger partial charge in [0, 0.05) is 6.04 Å². The predicted octanol–water partition coefficient (Wildman–Crippen LogP) is 1.50. The lowest BCUT2D eigenvalue weighted by atomic mass is 10.0. The predicted molar refractivity (Wildman–Crippen MR) is 74.3 cm³/mol. The molecule has 3 saturated carbocycles. The number of hydrogen-bond acceptors (Lipinski definition) is 3. The number of hydrogen-bond donors (Lipinski definition) is 2. The van der Waals surface area contributed by atoms with E-state index in [1.165, 1.54) is 19.3 Å². The molecule has 2 bridgehead atoms. The first-order chi connectivity index (χ1) is 9.60. The van der Waals surface area contributed by atoms with Crippen molar-refractivity contribution in [2.45, 2.75) is 36.8 Å². The van der Waals surface area contributed by atoms with E-state index in [9.17, 15) is 8.42 Å². The van der Waals surface area contributed by atoms with E-state index in [0.717, 1.165) is 11.8 Å². The van der Waals surface area contributed by atoms with Crippen molar-refractivity contribution >= 4 is 10.0 Å². The van der Waals surface area contributed by atoms with Crippen LogP contribution in [0.1, 0.15) is 24.8 Å². The molecule has 2 N–H and O–H groups in total. The fourth-order valence-corrected chi connectivity index (χ4v) is 5.91. The minimum absolute atomic E-state index is 0.137. The summed E-state index contributed by atoms with van der Waals surface area (Å²) in [4.78, 5) is 0.265. The van der Waals surface area contributed by atoms with Crippen molar-refractivity contribution in [3.8, 4) is 0 Å². The lowest BCUT2D eigenvalue weighted by Crippen LogP contribution is -2.30. The fourth-order valence-electron chi connectivity index (χ4n) is 4.54. The summed E-state index contributed by atoms with van der Waals surface area (Å²) in [7, 11) is -3.45. The average Bonchev–Trinajstić information content (AvgIpc) is 2.86. The van der Waals surface area contributed by atoms with Gasteiger partial charge in [0.1, 0.15) is 0 Å². The number of sulfonamides is 1. The van der Waals surface area contributed by atoms with Crippen LogP contribution in [0.4, 0.5) is 0 Å². The zero-order valence-electron chi connectivity index (χ0n) is 11.2. The van der Waals surface area contributed by atoms with Crippen LogP contribution in [0, 0.1) is 23.7 Å². The van der Waals surface area contributed by atoms with E-state index in [4.69, 9.17) is 5.11 Å². The fraction of sp³-hybridized carbons (Fsp3) is 0.600. The van der Waals surface area contributed by atoms with Crippen LogP contribution >= 0.6 is 0 Å². The first-order valence-corrected chi connectivity index (χ1v) is 8.80. The van der Waals surface area contributed by atoms with E-state index in [1.807, 2.05) is 0 Å². The maximum Gasteiger partial charge on any atom is 0.240 e. The second-order valence-corrected chi connectivity index (χ2v) is 8.15. The third-order valence-electron chi connectivity index (χ3n) is 5.42. The van der Waals surface area contributed by atoms with Crippen molar-refractivity contribution < 1.29 is 13.5 Å². The molecular formula is C15H19NO3S. The van der Waals surface area contributed by atoms with Gasteiger partial charge in [-0.05, 0) is 60.6 Å². The molecule has 0 heterocycles. The minimum atomic E-state index is -3.45. The van der Waals surface area contributed by atoms with Gasteiger partial charge in [-0.25, -0.2) is 13.1 Å². The van der Waals surface area contributed by atoms with Crippen molar-refractivity contribution in [1.82, 2.24) is 4.72 Å². The molecule has 0 aromatic heterocycles. The lowest BCUT2D eigenvalue weighted by molar-refractivity contribution is 0.281. The van der Waals surface area contributed by atoms with Crippen molar-refractivity contribution in [1.29, 1.82) is 0 Å². The van der Waals surface area contributed by atoms with E-state index < -0.39 is 10.0 Å². The molecule has 0 spiro atoms. The highest BCUT2D eigenvalue weighted by molar-refractivity contribution is 7.89. The van der Waals surface area contributed by atoms with E-state index in [-0.39, 0.29) is 17.5 Å². The topological polar surface area (TPSA) is 66.4 Å². The molecule has 4 nitrogen and oxygen atoms in total. The Hall–Kier alpha value is -0.910. The Labute approximate surface area is 119 Å². The average molecular weight is 293 g/mol. The zero-order chi connectivity index (χ0) is 13.9. The summed E-state index contributed by atoms with van der Waals surface area (Å²) in [6.45, 7) is -0.137. The molecule has 3 fully saturated rings. The van der Waals surface area contributed by atoms with Gasteiger partial charge in [0.15, 0.2) is 0 Å². The smallest absolute Gasteiger partial charge is 0.240 e.